The van der Waals surface area contributed by atoms with Crippen LogP contribution in [0.15, 0.2) is 0 Å². The quantitative estimate of drug-likeness (QED) is 0.722. The molecule has 90 valence electrons. The number of nitrogens with zero attached hydrogens (tertiary/aromatic N) is 1. The molecule has 0 radical (unpaired) electrons. The van der Waals surface area contributed by atoms with Gasteiger partial charge in [-0.15, -0.1) is 11.6 Å². The first-order valence-electron chi connectivity index (χ1n) is 5.58. The predicted molar refractivity (Wildman–Crippen MR) is 63.4 cm³/mol. The molecule has 1 aliphatic rings. The molecule has 0 aromatic carbocycles. The summed E-state index contributed by atoms with van der Waals surface area (Å²) < 4.78 is 25.2. The molecule has 5 heteroatoms. The minimum absolute atomic E-state index is 0.160. The second kappa shape index (κ2) is 5.51. The third kappa shape index (κ3) is 3.08. The number of hydrogen-bond acceptors (Lipinski definition) is 2. The second-order valence-electron chi connectivity index (χ2n) is 4.31. The molecule has 0 aromatic heterocycles. The maximum atomic E-state index is 11.8. The van der Waals surface area contributed by atoms with Crippen LogP contribution in [0.1, 0.15) is 39.5 Å². The van der Waals surface area contributed by atoms with E-state index in [-0.39, 0.29) is 11.3 Å². The molecule has 2 unspecified atom stereocenters. The van der Waals surface area contributed by atoms with Gasteiger partial charge in [0.05, 0.1) is 0 Å². The van der Waals surface area contributed by atoms with Gasteiger partial charge < -0.3 is 0 Å². The van der Waals surface area contributed by atoms with Gasteiger partial charge in [0.25, 0.3) is 0 Å². The van der Waals surface area contributed by atoms with Gasteiger partial charge in [0.1, 0.15) is 5.21 Å². The first kappa shape index (κ1) is 13.3. The van der Waals surface area contributed by atoms with Crippen LogP contribution >= 0.6 is 11.6 Å². The summed E-state index contributed by atoms with van der Waals surface area (Å²) in [7, 11) is -3.23. The van der Waals surface area contributed by atoms with Crippen molar-refractivity contribution < 1.29 is 8.42 Å². The Morgan fingerprint density at radius 3 is 2.67 bits per heavy atom. The lowest BCUT2D eigenvalue weighted by Gasteiger charge is -2.38. The van der Waals surface area contributed by atoms with Crippen LogP contribution < -0.4 is 0 Å². The van der Waals surface area contributed by atoms with E-state index in [9.17, 15) is 8.42 Å². The van der Waals surface area contributed by atoms with Gasteiger partial charge in [0, 0.05) is 12.6 Å². The lowest BCUT2D eigenvalue weighted by atomic mass is 9.90. The number of piperidine rings is 1. The van der Waals surface area contributed by atoms with Gasteiger partial charge in [0.2, 0.25) is 10.0 Å². The topological polar surface area (TPSA) is 37.4 Å². The molecule has 1 heterocycles. The van der Waals surface area contributed by atoms with Crippen molar-refractivity contribution in [2.45, 2.75) is 45.6 Å². The molecule has 0 spiro atoms. The van der Waals surface area contributed by atoms with Crippen LogP contribution in [0.4, 0.5) is 0 Å². The molecular formula is C10H20ClNO2S. The van der Waals surface area contributed by atoms with Gasteiger partial charge >= 0.3 is 0 Å². The average Bonchev–Trinajstić information content (AvgIpc) is 2.21. The fourth-order valence-electron chi connectivity index (χ4n) is 2.34. The molecule has 1 rings (SSSR count). The maximum absolute atomic E-state index is 11.8. The third-order valence-electron chi connectivity index (χ3n) is 3.14. The Kier molecular flexibility index (Phi) is 4.87. The van der Waals surface area contributed by atoms with E-state index in [1.807, 2.05) is 0 Å². The Bertz CT molecular complexity index is 292. The predicted octanol–water partition coefficient (Wildman–Crippen LogP) is 2.41. The lowest BCUT2D eigenvalue weighted by Crippen LogP contribution is -2.47. The molecule has 1 saturated heterocycles. The largest absolute Gasteiger partial charge is 0.228 e. The van der Waals surface area contributed by atoms with Crippen LogP contribution in [0.2, 0.25) is 0 Å². The highest BCUT2D eigenvalue weighted by atomic mass is 35.5. The Hall–Kier alpha value is 0.200. The molecule has 3 nitrogen and oxygen atoms in total. The molecule has 1 fully saturated rings. The zero-order valence-electron chi connectivity index (χ0n) is 9.45. The number of alkyl halides is 1. The zero-order chi connectivity index (χ0) is 11.5. The fraction of sp³-hybridized carbons (Fsp3) is 1.00. The van der Waals surface area contributed by atoms with Crippen molar-refractivity contribution in [3.8, 4) is 0 Å². The van der Waals surface area contributed by atoms with E-state index in [0.29, 0.717) is 12.5 Å². The molecule has 1 aliphatic heterocycles. The van der Waals surface area contributed by atoms with Gasteiger partial charge in [-0.25, -0.2) is 8.42 Å². The number of sulfonamides is 1. The van der Waals surface area contributed by atoms with Gasteiger partial charge in [-0.3, -0.25) is 0 Å². The van der Waals surface area contributed by atoms with Gasteiger partial charge in [0.15, 0.2) is 0 Å². The lowest BCUT2D eigenvalue weighted by molar-refractivity contribution is 0.177. The standard InChI is InChI=1S/C10H20ClNO2S/c1-3-5-10-9(2)6-4-7-12(10)15(13,14)8-11/h9-10H,3-8H2,1-2H3. The zero-order valence-corrected chi connectivity index (χ0v) is 11.0. The van der Waals surface area contributed by atoms with E-state index >= 15 is 0 Å². The van der Waals surface area contributed by atoms with Crippen LogP contribution in [0.3, 0.4) is 0 Å². The van der Waals surface area contributed by atoms with E-state index in [1.54, 1.807) is 4.31 Å². The number of hydrogen-bond donors (Lipinski definition) is 0. The van der Waals surface area contributed by atoms with Gasteiger partial charge in [-0.05, 0) is 25.2 Å². The Morgan fingerprint density at radius 2 is 2.13 bits per heavy atom. The van der Waals surface area contributed by atoms with Crippen LogP contribution in [0.5, 0.6) is 0 Å². The monoisotopic (exact) mass is 253 g/mol. The molecule has 0 aliphatic carbocycles. The summed E-state index contributed by atoms with van der Waals surface area (Å²) in [5.74, 6) is 0.455. The van der Waals surface area contributed by atoms with Crippen LogP contribution in [0.25, 0.3) is 0 Å². The molecule has 0 aromatic rings. The third-order valence-corrected chi connectivity index (χ3v) is 5.42. The van der Waals surface area contributed by atoms with Crippen LogP contribution in [0, 0.1) is 5.92 Å². The van der Waals surface area contributed by atoms with Crippen molar-refractivity contribution in [2.24, 2.45) is 5.92 Å². The molecule has 0 N–H and O–H groups in total. The summed E-state index contributed by atoms with van der Waals surface area (Å²) in [4.78, 5) is 0. The molecular weight excluding hydrogens is 234 g/mol. The van der Waals surface area contributed by atoms with Crippen LogP contribution in [-0.2, 0) is 10.0 Å². The Morgan fingerprint density at radius 1 is 1.47 bits per heavy atom. The minimum Gasteiger partial charge on any atom is -0.211 e. The van der Waals surface area contributed by atoms with Gasteiger partial charge in [-0.1, -0.05) is 20.3 Å². The average molecular weight is 254 g/mol. The smallest absolute Gasteiger partial charge is 0.211 e. The second-order valence-corrected chi connectivity index (χ2v) is 6.81. The number of halogens is 1. The normalized spacial score (nSPS) is 29.3. The van der Waals surface area contributed by atoms with Crippen molar-refractivity contribution in [3.63, 3.8) is 0 Å². The van der Waals surface area contributed by atoms with Crippen molar-refractivity contribution >= 4 is 21.6 Å². The fourth-order valence-corrected chi connectivity index (χ4v) is 3.98. The highest BCUT2D eigenvalue weighted by molar-refractivity contribution is 7.90. The minimum atomic E-state index is -3.23. The van der Waals surface area contributed by atoms with E-state index in [1.165, 1.54) is 0 Å². The molecule has 2 atom stereocenters. The van der Waals surface area contributed by atoms with E-state index in [2.05, 4.69) is 13.8 Å². The van der Waals surface area contributed by atoms with Crippen molar-refractivity contribution in [1.29, 1.82) is 0 Å². The summed E-state index contributed by atoms with van der Waals surface area (Å²) in [6, 6.07) is 0.160. The highest BCUT2D eigenvalue weighted by Gasteiger charge is 2.34. The first-order chi connectivity index (χ1) is 7.03. The van der Waals surface area contributed by atoms with E-state index in [0.717, 1.165) is 25.7 Å². The molecule has 15 heavy (non-hydrogen) atoms. The summed E-state index contributed by atoms with van der Waals surface area (Å²) in [6.07, 6.45) is 4.04. The Balaban J connectivity index is 2.84. The highest BCUT2D eigenvalue weighted by Crippen LogP contribution is 2.29. The summed E-state index contributed by atoms with van der Waals surface area (Å²) in [6.45, 7) is 4.87. The van der Waals surface area contributed by atoms with Gasteiger partial charge in [-0.2, -0.15) is 4.31 Å². The summed E-state index contributed by atoms with van der Waals surface area (Å²) in [5, 5.41) is -0.292. The SMILES string of the molecule is CCCC1C(C)CCCN1S(=O)(=O)CCl. The van der Waals surface area contributed by atoms with Crippen LogP contribution in [-0.4, -0.2) is 30.5 Å². The van der Waals surface area contributed by atoms with Crippen molar-refractivity contribution in [3.05, 3.63) is 0 Å². The van der Waals surface area contributed by atoms with E-state index < -0.39 is 10.0 Å². The first-order valence-corrected chi connectivity index (χ1v) is 7.72. The summed E-state index contributed by atoms with van der Waals surface area (Å²) >= 11 is 5.51. The summed E-state index contributed by atoms with van der Waals surface area (Å²) in [5.41, 5.74) is 0. The van der Waals surface area contributed by atoms with E-state index in [4.69, 9.17) is 11.6 Å². The maximum Gasteiger partial charge on any atom is 0.228 e. The number of rotatable bonds is 4. The Labute approximate surface area is 97.8 Å². The molecule has 0 saturated carbocycles. The van der Waals surface area contributed by atoms with Crippen molar-refractivity contribution in [1.82, 2.24) is 4.31 Å². The molecule has 0 bridgehead atoms. The molecule has 0 amide bonds. The van der Waals surface area contributed by atoms with Crippen molar-refractivity contribution in [2.75, 3.05) is 11.8 Å².